The number of halogens is 2. The Bertz CT molecular complexity index is 908. The number of carbonyl (C=O) groups excluding carboxylic acids is 2. The van der Waals surface area contributed by atoms with Crippen LogP contribution in [-0.2, 0) is 9.59 Å². The molecule has 1 aromatic carbocycles. The van der Waals surface area contributed by atoms with Crippen molar-refractivity contribution in [2.24, 2.45) is 23.2 Å². The molecule has 1 aromatic rings. The third-order valence-corrected chi connectivity index (χ3v) is 8.43. The fourth-order valence-corrected chi connectivity index (χ4v) is 7.33. The van der Waals surface area contributed by atoms with Crippen molar-refractivity contribution in [2.75, 3.05) is 0 Å². The number of benzene rings is 1. The molecule has 5 fully saturated rings. The highest BCUT2D eigenvalue weighted by Crippen LogP contribution is 2.60. The lowest BCUT2D eigenvalue weighted by atomic mass is 9.49. The molecule has 152 valence electrons. The molecule has 1 saturated heterocycles. The van der Waals surface area contributed by atoms with E-state index < -0.39 is 11.7 Å². The van der Waals surface area contributed by atoms with Gasteiger partial charge in [0.25, 0.3) is 5.91 Å². The quantitative estimate of drug-likeness (QED) is 0.524. The van der Waals surface area contributed by atoms with E-state index in [1.807, 2.05) is 0 Å². The van der Waals surface area contributed by atoms with E-state index in [-0.39, 0.29) is 31.1 Å². The Labute approximate surface area is 183 Å². The maximum Gasteiger partial charge on any atom is 0.285 e. The van der Waals surface area contributed by atoms with E-state index in [4.69, 9.17) is 23.8 Å². The molecule has 4 bridgehead atoms. The van der Waals surface area contributed by atoms with Gasteiger partial charge in [-0.2, -0.15) is 5.01 Å². The number of rotatable bonds is 3. The Hall–Kier alpha value is -1.44. The van der Waals surface area contributed by atoms with Crippen molar-refractivity contribution in [1.29, 1.82) is 0 Å². The number of thioether (sulfide) groups is 1. The predicted octanol–water partition coefficient (Wildman–Crippen LogP) is 4.93. The number of hydrogen-bond acceptors (Lipinski definition) is 4. The minimum absolute atomic E-state index is 0.0990. The summed E-state index contributed by atoms with van der Waals surface area (Å²) in [5.74, 6) is 0.819. The van der Waals surface area contributed by atoms with Crippen molar-refractivity contribution < 1.29 is 14.0 Å². The third-order valence-electron chi connectivity index (χ3n) is 6.80. The Morgan fingerprint density at radius 2 is 1.86 bits per heavy atom. The smallest absolute Gasteiger partial charge is 0.273 e. The standard InChI is InChI=1S/C21H20ClFN2O2S2/c22-15-2-1-3-16(23)14(15)7-17-18(26)25(20(28)29-17)24-19(27)21-8-11-4-12(9-21)6-13(5-11)10-21/h1-3,7,11-13H,4-6,8-10H2,(H,24,27)/b17-7-. The zero-order chi connectivity index (χ0) is 20.3. The predicted molar refractivity (Wildman–Crippen MR) is 115 cm³/mol. The Morgan fingerprint density at radius 3 is 2.45 bits per heavy atom. The maximum absolute atomic E-state index is 14.1. The summed E-state index contributed by atoms with van der Waals surface area (Å²) in [7, 11) is 0. The largest absolute Gasteiger partial charge is 0.285 e. The van der Waals surface area contributed by atoms with Gasteiger partial charge in [0.05, 0.1) is 15.3 Å². The van der Waals surface area contributed by atoms with Gasteiger partial charge in [-0.05, 0) is 86.7 Å². The average molecular weight is 451 g/mol. The van der Waals surface area contributed by atoms with Crippen LogP contribution in [0.5, 0.6) is 0 Å². The summed E-state index contributed by atoms with van der Waals surface area (Å²) in [4.78, 5) is 26.4. The molecule has 8 heteroatoms. The van der Waals surface area contributed by atoms with Gasteiger partial charge >= 0.3 is 0 Å². The molecule has 0 unspecified atom stereocenters. The lowest BCUT2D eigenvalue weighted by molar-refractivity contribution is -0.152. The number of carbonyl (C=O) groups is 2. The minimum atomic E-state index is -0.514. The lowest BCUT2D eigenvalue weighted by Crippen LogP contribution is -2.57. The van der Waals surface area contributed by atoms with Crippen LogP contribution in [0.25, 0.3) is 6.08 Å². The Kier molecular flexibility index (Phi) is 4.76. The number of hydrazine groups is 1. The molecule has 0 radical (unpaired) electrons. The topological polar surface area (TPSA) is 49.4 Å². The second kappa shape index (κ2) is 7.06. The van der Waals surface area contributed by atoms with Crippen LogP contribution in [-0.4, -0.2) is 21.1 Å². The monoisotopic (exact) mass is 450 g/mol. The summed E-state index contributed by atoms with van der Waals surface area (Å²) in [5.41, 5.74) is 2.56. The molecule has 0 atom stereocenters. The molecule has 1 aliphatic heterocycles. The summed E-state index contributed by atoms with van der Waals surface area (Å²) in [6.07, 6.45) is 7.81. The molecule has 0 spiro atoms. The Morgan fingerprint density at radius 1 is 1.24 bits per heavy atom. The molecular formula is C21H20ClFN2O2S2. The van der Waals surface area contributed by atoms with Crippen LogP contribution < -0.4 is 5.43 Å². The van der Waals surface area contributed by atoms with E-state index in [0.29, 0.717) is 17.8 Å². The van der Waals surface area contributed by atoms with Gasteiger partial charge in [0.2, 0.25) is 5.91 Å². The van der Waals surface area contributed by atoms with Gasteiger partial charge in [0.1, 0.15) is 5.82 Å². The van der Waals surface area contributed by atoms with Gasteiger partial charge in [-0.1, -0.05) is 29.4 Å². The first kappa shape index (κ1) is 19.5. The molecule has 4 nitrogen and oxygen atoms in total. The highest BCUT2D eigenvalue weighted by Gasteiger charge is 2.55. The van der Waals surface area contributed by atoms with Crippen molar-refractivity contribution in [1.82, 2.24) is 10.4 Å². The fraction of sp³-hybridized carbons (Fsp3) is 0.476. The molecule has 1 heterocycles. The highest BCUT2D eigenvalue weighted by molar-refractivity contribution is 8.26. The van der Waals surface area contributed by atoms with E-state index in [1.165, 1.54) is 37.5 Å². The van der Waals surface area contributed by atoms with E-state index in [1.54, 1.807) is 6.07 Å². The van der Waals surface area contributed by atoms with Gasteiger partial charge in [-0.3, -0.25) is 15.0 Å². The van der Waals surface area contributed by atoms with Gasteiger partial charge in [-0.25, -0.2) is 4.39 Å². The Balaban J connectivity index is 1.36. The van der Waals surface area contributed by atoms with Crippen LogP contribution in [0.2, 0.25) is 5.02 Å². The van der Waals surface area contributed by atoms with Gasteiger partial charge in [0, 0.05) is 5.56 Å². The van der Waals surface area contributed by atoms with Crippen molar-refractivity contribution >= 4 is 57.8 Å². The van der Waals surface area contributed by atoms with Crippen LogP contribution in [0.4, 0.5) is 4.39 Å². The second-order valence-electron chi connectivity index (χ2n) is 8.79. The summed E-state index contributed by atoms with van der Waals surface area (Å²) in [6.45, 7) is 0. The number of hydrogen-bond donors (Lipinski definition) is 1. The van der Waals surface area contributed by atoms with Crippen LogP contribution >= 0.6 is 35.6 Å². The van der Waals surface area contributed by atoms with E-state index in [0.717, 1.165) is 36.0 Å². The van der Waals surface area contributed by atoms with Crippen molar-refractivity contribution in [3.8, 4) is 0 Å². The van der Waals surface area contributed by atoms with Gasteiger partial charge in [0.15, 0.2) is 4.32 Å². The number of thiocarbonyl (C=S) groups is 1. The average Bonchev–Trinajstić information content (AvgIpc) is 2.91. The van der Waals surface area contributed by atoms with Crippen molar-refractivity contribution in [2.45, 2.75) is 38.5 Å². The normalized spacial score (nSPS) is 34.3. The van der Waals surface area contributed by atoms with Crippen LogP contribution in [0, 0.1) is 29.0 Å². The van der Waals surface area contributed by atoms with Crippen molar-refractivity contribution in [3.05, 3.63) is 39.5 Å². The second-order valence-corrected chi connectivity index (χ2v) is 10.9. The third kappa shape index (κ3) is 3.31. The molecule has 6 rings (SSSR count). The molecule has 4 aliphatic carbocycles. The van der Waals surface area contributed by atoms with Crippen molar-refractivity contribution in [3.63, 3.8) is 0 Å². The molecule has 1 N–H and O–H groups in total. The van der Waals surface area contributed by atoms with E-state index >= 15 is 0 Å². The molecule has 0 aromatic heterocycles. The zero-order valence-corrected chi connectivity index (χ0v) is 18.0. The maximum atomic E-state index is 14.1. The van der Waals surface area contributed by atoms with Gasteiger partial charge < -0.3 is 0 Å². The fourth-order valence-electron chi connectivity index (χ4n) is 5.95. The molecular weight excluding hydrogens is 431 g/mol. The number of nitrogens with zero attached hydrogens (tertiary/aromatic N) is 1. The number of amides is 2. The number of nitrogens with one attached hydrogen (secondary N) is 1. The molecule has 4 saturated carbocycles. The first-order valence-electron chi connectivity index (χ1n) is 9.88. The van der Waals surface area contributed by atoms with E-state index in [2.05, 4.69) is 5.43 Å². The first-order valence-corrected chi connectivity index (χ1v) is 11.5. The summed E-state index contributed by atoms with van der Waals surface area (Å²) in [6, 6.07) is 4.35. The van der Waals surface area contributed by atoms with Crippen LogP contribution in [0.1, 0.15) is 44.1 Å². The summed E-state index contributed by atoms with van der Waals surface area (Å²) >= 11 is 12.4. The molecule has 29 heavy (non-hydrogen) atoms. The lowest BCUT2D eigenvalue weighted by Gasteiger charge is -2.55. The first-order chi connectivity index (χ1) is 13.8. The van der Waals surface area contributed by atoms with Crippen LogP contribution in [0.15, 0.2) is 23.1 Å². The summed E-state index contributed by atoms with van der Waals surface area (Å²) in [5, 5.41) is 1.36. The SMILES string of the molecule is O=C1/C(=C/c2c(F)cccc2Cl)SC(=S)N1NC(=O)C12CC3CC(CC(C3)C1)C2. The summed E-state index contributed by atoms with van der Waals surface area (Å²) < 4.78 is 14.3. The highest BCUT2D eigenvalue weighted by atomic mass is 35.5. The minimum Gasteiger partial charge on any atom is -0.273 e. The molecule has 2 amide bonds. The van der Waals surface area contributed by atoms with E-state index in [9.17, 15) is 14.0 Å². The molecule has 5 aliphatic rings. The van der Waals surface area contributed by atoms with Gasteiger partial charge in [-0.15, -0.1) is 0 Å². The van der Waals surface area contributed by atoms with Crippen LogP contribution in [0.3, 0.4) is 0 Å². The zero-order valence-electron chi connectivity index (χ0n) is 15.6.